The molecular weight excluding hydrogens is 178 g/mol. The number of carbonyl (C=O) groups excluding carboxylic acids is 1. The monoisotopic (exact) mass is 195 g/mol. The Hall–Kier alpha value is -1.32. The van der Waals surface area contributed by atoms with Gasteiger partial charge in [-0.25, -0.2) is 0 Å². The van der Waals surface area contributed by atoms with E-state index in [1.165, 1.54) is 0 Å². The molecule has 1 heterocycles. The first-order chi connectivity index (χ1) is 6.67. The van der Waals surface area contributed by atoms with Gasteiger partial charge in [0.05, 0.1) is 0 Å². The summed E-state index contributed by atoms with van der Waals surface area (Å²) in [7, 11) is 0. The third-order valence-corrected chi connectivity index (χ3v) is 2.32. The van der Waals surface area contributed by atoms with Gasteiger partial charge in [-0.2, -0.15) is 5.10 Å². The lowest BCUT2D eigenvalue weighted by Gasteiger charge is -2.06. The Morgan fingerprint density at radius 2 is 2.36 bits per heavy atom. The smallest absolute Gasteiger partial charge is 0.228 e. The molecule has 2 N–H and O–H groups in total. The first kappa shape index (κ1) is 10.8. The topological polar surface area (TPSA) is 57.8 Å². The summed E-state index contributed by atoms with van der Waals surface area (Å²) in [5, 5.41) is 9.61. The molecule has 14 heavy (non-hydrogen) atoms. The molecule has 0 aromatic carbocycles. The van der Waals surface area contributed by atoms with E-state index in [-0.39, 0.29) is 11.8 Å². The number of carbonyl (C=O) groups is 1. The van der Waals surface area contributed by atoms with E-state index in [2.05, 4.69) is 15.5 Å². The van der Waals surface area contributed by atoms with Gasteiger partial charge in [-0.3, -0.25) is 9.89 Å². The van der Waals surface area contributed by atoms with Gasteiger partial charge in [-0.05, 0) is 12.8 Å². The number of nitrogens with zero attached hydrogens (tertiary/aromatic N) is 1. The summed E-state index contributed by atoms with van der Waals surface area (Å²) < 4.78 is 0. The minimum atomic E-state index is 0.0293. The van der Waals surface area contributed by atoms with Crippen molar-refractivity contribution < 1.29 is 4.79 Å². The number of H-pyrrole nitrogens is 1. The van der Waals surface area contributed by atoms with Crippen molar-refractivity contribution in [2.45, 2.75) is 33.6 Å². The van der Waals surface area contributed by atoms with Crippen molar-refractivity contribution in [3.63, 3.8) is 0 Å². The fourth-order valence-corrected chi connectivity index (χ4v) is 1.04. The van der Waals surface area contributed by atoms with Gasteiger partial charge in [-0.1, -0.05) is 20.8 Å². The summed E-state index contributed by atoms with van der Waals surface area (Å²) >= 11 is 0. The molecule has 0 fully saturated rings. The van der Waals surface area contributed by atoms with Crippen molar-refractivity contribution >= 4 is 11.7 Å². The quantitative estimate of drug-likeness (QED) is 0.771. The van der Waals surface area contributed by atoms with Crippen LogP contribution in [0.4, 0.5) is 5.82 Å². The van der Waals surface area contributed by atoms with Crippen LogP contribution in [-0.2, 0) is 11.2 Å². The van der Waals surface area contributed by atoms with Crippen LogP contribution < -0.4 is 5.32 Å². The minimum Gasteiger partial charge on any atom is -0.309 e. The number of rotatable bonds is 4. The molecule has 1 amide bonds. The molecule has 78 valence electrons. The lowest BCUT2D eigenvalue weighted by Crippen LogP contribution is -2.19. The zero-order chi connectivity index (χ0) is 10.6. The van der Waals surface area contributed by atoms with Crippen molar-refractivity contribution in [3.05, 3.63) is 11.8 Å². The predicted octanol–water partition coefficient (Wildman–Crippen LogP) is 1.96. The van der Waals surface area contributed by atoms with Crippen molar-refractivity contribution in [2.75, 3.05) is 5.32 Å². The molecule has 0 aliphatic heterocycles. The number of aromatic nitrogens is 2. The maximum absolute atomic E-state index is 11.5. The summed E-state index contributed by atoms with van der Waals surface area (Å²) in [5.74, 6) is 0.686. The van der Waals surface area contributed by atoms with Crippen molar-refractivity contribution in [1.82, 2.24) is 10.2 Å². The van der Waals surface area contributed by atoms with Gasteiger partial charge < -0.3 is 5.32 Å². The van der Waals surface area contributed by atoms with Crippen molar-refractivity contribution in [3.8, 4) is 0 Å². The molecule has 0 saturated heterocycles. The second kappa shape index (κ2) is 4.79. The van der Waals surface area contributed by atoms with Crippen LogP contribution >= 0.6 is 0 Å². The normalized spacial score (nSPS) is 12.5. The van der Waals surface area contributed by atoms with Crippen LogP contribution in [-0.4, -0.2) is 16.1 Å². The summed E-state index contributed by atoms with van der Waals surface area (Å²) in [6.45, 7) is 5.93. The number of nitrogens with one attached hydrogen (secondary N) is 2. The first-order valence-corrected chi connectivity index (χ1v) is 5.02. The van der Waals surface area contributed by atoms with E-state index >= 15 is 0 Å². The van der Waals surface area contributed by atoms with Gasteiger partial charge in [-0.15, -0.1) is 0 Å². The standard InChI is InChI=1S/C10H17N3O/c1-4-7(3)10(14)11-9-6-8(5-2)12-13-9/h6-7H,4-5H2,1-3H3,(H2,11,12,13,14). The van der Waals surface area contributed by atoms with E-state index in [1.54, 1.807) is 0 Å². The fraction of sp³-hybridized carbons (Fsp3) is 0.600. The van der Waals surface area contributed by atoms with Crippen LogP contribution in [0.2, 0.25) is 0 Å². The van der Waals surface area contributed by atoms with Gasteiger partial charge in [0.1, 0.15) is 0 Å². The van der Waals surface area contributed by atoms with Crippen LogP contribution in [0.25, 0.3) is 0 Å². The van der Waals surface area contributed by atoms with Gasteiger partial charge >= 0.3 is 0 Å². The second-order valence-electron chi connectivity index (χ2n) is 3.43. The highest BCUT2D eigenvalue weighted by Gasteiger charge is 2.11. The first-order valence-electron chi connectivity index (χ1n) is 5.02. The largest absolute Gasteiger partial charge is 0.309 e. The molecule has 0 aliphatic rings. The molecular formula is C10H17N3O. The van der Waals surface area contributed by atoms with Crippen molar-refractivity contribution in [2.24, 2.45) is 5.92 Å². The van der Waals surface area contributed by atoms with E-state index in [0.717, 1.165) is 18.5 Å². The van der Waals surface area contributed by atoms with E-state index < -0.39 is 0 Å². The molecule has 0 bridgehead atoms. The molecule has 1 atom stereocenters. The molecule has 1 aromatic heterocycles. The van der Waals surface area contributed by atoms with E-state index in [1.807, 2.05) is 26.8 Å². The molecule has 0 radical (unpaired) electrons. The fourth-order valence-electron chi connectivity index (χ4n) is 1.04. The number of anilines is 1. The van der Waals surface area contributed by atoms with Crippen LogP contribution in [0.5, 0.6) is 0 Å². The zero-order valence-corrected chi connectivity index (χ0v) is 8.92. The number of aryl methyl sites for hydroxylation is 1. The zero-order valence-electron chi connectivity index (χ0n) is 8.92. The number of amides is 1. The molecule has 0 saturated carbocycles. The van der Waals surface area contributed by atoms with Crippen LogP contribution in [0.1, 0.15) is 32.9 Å². The maximum atomic E-state index is 11.5. The van der Waals surface area contributed by atoms with E-state index in [0.29, 0.717) is 5.82 Å². The summed E-state index contributed by atoms with van der Waals surface area (Å²) in [6, 6.07) is 1.86. The van der Waals surface area contributed by atoms with Crippen LogP contribution in [0, 0.1) is 5.92 Å². The van der Waals surface area contributed by atoms with Crippen LogP contribution in [0.15, 0.2) is 6.07 Å². The number of hydrogen-bond donors (Lipinski definition) is 2. The molecule has 1 rings (SSSR count). The van der Waals surface area contributed by atoms with Crippen LogP contribution in [0.3, 0.4) is 0 Å². The molecule has 4 nitrogen and oxygen atoms in total. The Morgan fingerprint density at radius 3 is 2.86 bits per heavy atom. The second-order valence-corrected chi connectivity index (χ2v) is 3.43. The van der Waals surface area contributed by atoms with E-state index in [4.69, 9.17) is 0 Å². The van der Waals surface area contributed by atoms with E-state index in [9.17, 15) is 4.79 Å². The Bertz CT molecular complexity index is 306. The highest BCUT2D eigenvalue weighted by molar-refractivity contribution is 5.91. The number of hydrogen-bond acceptors (Lipinski definition) is 2. The average molecular weight is 195 g/mol. The van der Waals surface area contributed by atoms with Gasteiger partial charge in [0.15, 0.2) is 5.82 Å². The van der Waals surface area contributed by atoms with Gasteiger partial charge in [0, 0.05) is 17.7 Å². The molecule has 0 spiro atoms. The van der Waals surface area contributed by atoms with Gasteiger partial charge in [0.25, 0.3) is 0 Å². The Balaban J connectivity index is 2.56. The third kappa shape index (κ3) is 2.58. The maximum Gasteiger partial charge on any atom is 0.228 e. The predicted molar refractivity (Wildman–Crippen MR) is 56.1 cm³/mol. The van der Waals surface area contributed by atoms with Crippen molar-refractivity contribution in [1.29, 1.82) is 0 Å². The molecule has 1 aromatic rings. The molecule has 0 aliphatic carbocycles. The summed E-state index contributed by atoms with van der Waals surface area (Å²) in [5.41, 5.74) is 1.03. The average Bonchev–Trinajstić information content (AvgIpc) is 2.64. The highest BCUT2D eigenvalue weighted by Crippen LogP contribution is 2.09. The lowest BCUT2D eigenvalue weighted by atomic mass is 10.1. The highest BCUT2D eigenvalue weighted by atomic mass is 16.1. The summed E-state index contributed by atoms with van der Waals surface area (Å²) in [6.07, 6.45) is 1.74. The molecule has 1 unspecified atom stereocenters. The Labute approximate surface area is 84.1 Å². The molecule has 4 heteroatoms. The minimum absolute atomic E-state index is 0.0293. The third-order valence-electron chi connectivity index (χ3n) is 2.32. The lowest BCUT2D eigenvalue weighted by molar-refractivity contribution is -0.119. The van der Waals surface area contributed by atoms with Gasteiger partial charge in [0.2, 0.25) is 5.91 Å². The Morgan fingerprint density at radius 1 is 1.64 bits per heavy atom. The number of aromatic amines is 1. The SMILES string of the molecule is CCc1cc(NC(=O)C(C)CC)n[nH]1. The Kier molecular flexibility index (Phi) is 3.68. The summed E-state index contributed by atoms with van der Waals surface area (Å²) in [4.78, 5) is 11.5.